The SMILES string of the molecule is COc1ccc(-c2cc(C3=NNC(=O)CC3C)cc3c2NC(=O)CCC3)cn1. The number of carbonyl (C=O) groups is 2. The zero-order chi connectivity index (χ0) is 19.7. The number of nitrogens with one attached hydrogen (secondary N) is 2. The quantitative estimate of drug-likeness (QED) is 0.859. The number of hydrogen-bond acceptors (Lipinski definition) is 5. The molecule has 2 aliphatic rings. The highest BCUT2D eigenvalue weighted by Gasteiger charge is 2.25. The van der Waals surface area contributed by atoms with E-state index in [4.69, 9.17) is 4.74 Å². The molecule has 0 fully saturated rings. The van der Waals surface area contributed by atoms with Gasteiger partial charge >= 0.3 is 0 Å². The molecule has 7 nitrogen and oxygen atoms in total. The second-order valence-electron chi connectivity index (χ2n) is 7.19. The first kappa shape index (κ1) is 18.2. The Balaban J connectivity index is 1.87. The van der Waals surface area contributed by atoms with Gasteiger partial charge in [-0.2, -0.15) is 5.10 Å². The minimum Gasteiger partial charge on any atom is -0.481 e. The van der Waals surface area contributed by atoms with Crippen LogP contribution >= 0.6 is 0 Å². The van der Waals surface area contributed by atoms with E-state index in [2.05, 4.69) is 26.9 Å². The van der Waals surface area contributed by atoms with E-state index < -0.39 is 0 Å². The van der Waals surface area contributed by atoms with Gasteiger partial charge in [-0.3, -0.25) is 9.59 Å². The van der Waals surface area contributed by atoms with Crippen LogP contribution in [0.15, 0.2) is 35.6 Å². The maximum Gasteiger partial charge on any atom is 0.240 e. The van der Waals surface area contributed by atoms with Crippen molar-refractivity contribution in [2.45, 2.75) is 32.6 Å². The molecular formula is C21H22N4O3. The van der Waals surface area contributed by atoms with Crippen LogP contribution in [0, 0.1) is 5.92 Å². The lowest BCUT2D eigenvalue weighted by molar-refractivity contribution is -0.122. The number of ether oxygens (including phenoxy) is 1. The average molecular weight is 378 g/mol. The van der Waals surface area contributed by atoms with Crippen LogP contribution in [0.5, 0.6) is 5.88 Å². The fraction of sp³-hybridized carbons (Fsp3) is 0.333. The molecular weight excluding hydrogens is 356 g/mol. The van der Waals surface area contributed by atoms with E-state index in [1.807, 2.05) is 19.1 Å². The van der Waals surface area contributed by atoms with Gasteiger partial charge in [0, 0.05) is 42.1 Å². The number of anilines is 1. The van der Waals surface area contributed by atoms with Crippen molar-refractivity contribution in [1.82, 2.24) is 10.4 Å². The molecule has 1 atom stereocenters. The first-order valence-corrected chi connectivity index (χ1v) is 9.39. The minimum absolute atomic E-state index is 0.0184. The molecule has 0 bridgehead atoms. The number of nitrogens with zero attached hydrogens (tertiary/aromatic N) is 2. The highest BCUT2D eigenvalue weighted by atomic mass is 16.5. The Morgan fingerprint density at radius 1 is 1.11 bits per heavy atom. The van der Waals surface area contributed by atoms with Crippen LogP contribution in [-0.4, -0.2) is 29.6 Å². The van der Waals surface area contributed by atoms with Gasteiger partial charge in [0.2, 0.25) is 17.7 Å². The second kappa shape index (κ2) is 7.42. The van der Waals surface area contributed by atoms with E-state index >= 15 is 0 Å². The summed E-state index contributed by atoms with van der Waals surface area (Å²) in [5.74, 6) is 0.500. The van der Waals surface area contributed by atoms with Gasteiger partial charge in [0.15, 0.2) is 0 Å². The number of hydrogen-bond donors (Lipinski definition) is 2. The van der Waals surface area contributed by atoms with Gasteiger partial charge in [0.1, 0.15) is 0 Å². The third-order valence-electron chi connectivity index (χ3n) is 5.15. The molecule has 0 saturated heterocycles. The molecule has 0 spiro atoms. The number of pyridine rings is 1. The number of benzene rings is 1. The fourth-order valence-electron chi connectivity index (χ4n) is 3.73. The highest BCUT2D eigenvalue weighted by Crippen LogP contribution is 2.36. The molecule has 1 unspecified atom stereocenters. The van der Waals surface area contributed by atoms with E-state index in [1.165, 1.54) is 0 Å². The van der Waals surface area contributed by atoms with Crippen molar-refractivity contribution in [1.29, 1.82) is 0 Å². The normalized spacial score (nSPS) is 19.1. The lowest BCUT2D eigenvalue weighted by Gasteiger charge is -2.22. The van der Waals surface area contributed by atoms with Gasteiger partial charge in [-0.25, -0.2) is 10.4 Å². The second-order valence-corrected chi connectivity index (χ2v) is 7.19. The molecule has 1 aromatic carbocycles. The van der Waals surface area contributed by atoms with Gasteiger partial charge < -0.3 is 10.1 Å². The van der Waals surface area contributed by atoms with E-state index in [0.717, 1.165) is 46.5 Å². The van der Waals surface area contributed by atoms with Crippen molar-refractivity contribution in [2.75, 3.05) is 12.4 Å². The summed E-state index contributed by atoms with van der Waals surface area (Å²) in [6, 6.07) is 7.82. The van der Waals surface area contributed by atoms with Crippen molar-refractivity contribution in [2.24, 2.45) is 11.0 Å². The van der Waals surface area contributed by atoms with E-state index in [1.54, 1.807) is 19.4 Å². The summed E-state index contributed by atoms with van der Waals surface area (Å²) in [4.78, 5) is 28.1. The van der Waals surface area contributed by atoms with Gasteiger partial charge in [0.05, 0.1) is 18.5 Å². The lowest BCUT2D eigenvalue weighted by atomic mass is 9.89. The summed E-state index contributed by atoms with van der Waals surface area (Å²) < 4.78 is 5.16. The predicted octanol–water partition coefficient (Wildman–Crippen LogP) is 2.89. The molecule has 1 aromatic heterocycles. The number of methoxy groups -OCH3 is 1. The maximum atomic E-state index is 12.2. The molecule has 0 saturated carbocycles. The molecule has 4 rings (SSSR count). The molecule has 3 heterocycles. The molecule has 2 aromatic rings. The van der Waals surface area contributed by atoms with Crippen LogP contribution in [0.4, 0.5) is 5.69 Å². The van der Waals surface area contributed by atoms with E-state index in [0.29, 0.717) is 18.7 Å². The van der Waals surface area contributed by atoms with E-state index in [9.17, 15) is 9.59 Å². The number of aromatic nitrogens is 1. The first-order valence-electron chi connectivity index (χ1n) is 9.39. The topological polar surface area (TPSA) is 92.7 Å². The van der Waals surface area contributed by atoms with Crippen LogP contribution < -0.4 is 15.5 Å². The van der Waals surface area contributed by atoms with Gasteiger partial charge in [-0.15, -0.1) is 0 Å². The number of hydrazone groups is 1. The van der Waals surface area contributed by atoms with Crippen molar-refractivity contribution in [3.63, 3.8) is 0 Å². The Morgan fingerprint density at radius 2 is 1.96 bits per heavy atom. The first-order chi connectivity index (χ1) is 13.5. The lowest BCUT2D eigenvalue weighted by Crippen LogP contribution is -2.32. The molecule has 2 N–H and O–H groups in total. The largest absolute Gasteiger partial charge is 0.481 e. The number of fused-ring (bicyclic) bond motifs is 1. The van der Waals surface area contributed by atoms with Crippen LogP contribution in [0.25, 0.3) is 11.1 Å². The third-order valence-corrected chi connectivity index (χ3v) is 5.15. The molecule has 7 heteroatoms. The smallest absolute Gasteiger partial charge is 0.240 e. The molecule has 144 valence electrons. The molecule has 28 heavy (non-hydrogen) atoms. The Kier molecular flexibility index (Phi) is 4.81. The number of amides is 2. The Hall–Kier alpha value is -3.22. The van der Waals surface area contributed by atoms with Crippen LogP contribution in [-0.2, 0) is 16.0 Å². The van der Waals surface area contributed by atoms with Crippen molar-refractivity contribution < 1.29 is 14.3 Å². The Morgan fingerprint density at radius 3 is 2.68 bits per heavy atom. The van der Waals surface area contributed by atoms with Crippen molar-refractivity contribution in [3.05, 3.63) is 41.6 Å². The minimum atomic E-state index is -0.0714. The van der Waals surface area contributed by atoms with Gasteiger partial charge in [0.25, 0.3) is 0 Å². The monoisotopic (exact) mass is 378 g/mol. The molecule has 0 aliphatic carbocycles. The summed E-state index contributed by atoms with van der Waals surface area (Å²) >= 11 is 0. The Bertz CT molecular complexity index is 966. The summed E-state index contributed by atoms with van der Waals surface area (Å²) in [6.45, 7) is 2.00. The number of carbonyl (C=O) groups excluding carboxylic acids is 2. The van der Waals surface area contributed by atoms with Crippen LogP contribution in [0.1, 0.15) is 37.3 Å². The Labute approximate surface area is 163 Å². The van der Waals surface area contributed by atoms with Crippen molar-refractivity contribution >= 4 is 23.2 Å². The zero-order valence-corrected chi connectivity index (χ0v) is 15.9. The van der Waals surface area contributed by atoms with Crippen molar-refractivity contribution in [3.8, 4) is 17.0 Å². The average Bonchev–Trinajstić information content (AvgIpc) is 2.88. The predicted molar refractivity (Wildman–Crippen MR) is 106 cm³/mol. The fourth-order valence-corrected chi connectivity index (χ4v) is 3.73. The molecule has 2 amide bonds. The molecule has 2 aliphatic heterocycles. The zero-order valence-electron chi connectivity index (χ0n) is 15.9. The summed E-state index contributed by atoms with van der Waals surface area (Å²) in [7, 11) is 1.58. The number of rotatable bonds is 3. The van der Waals surface area contributed by atoms with Crippen LogP contribution in [0.2, 0.25) is 0 Å². The van der Waals surface area contributed by atoms with Crippen LogP contribution in [0.3, 0.4) is 0 Å². The summed E-state index contributed by atoms with van der Waals surface area (Å²) in [6.07, 6.45) is 4.24. The standard InChI is InChI=1S/C21H22N4O3/c1-12-8-18(27)24-25-20(12)15-9-13-4-3-5-17(26)23-21(13)16(10-15)14-6-7-19(28-2)22-11-14/h6-7,9-12H,3-5,8H2,1-2H3,(H,23,26)(H,24,27). The van der Waals surface area contributed by atoms with Gasteiger partial charge in [-0.05, 0) is 42.2 Å². The number of aryl methyl sites for hydroxylation is 1. The summed E-state index contributed by atoms with van der Waals surface area (Å²) in [5, 5.41) is 7.36. The highest BCUT2D eigenvalue weighted by molar-refractivity contribution is 6.08. The maximum absolute atomic E-state index is 12.2. The third kappa shape index (κ3) is 3.47. The molecule has 0 radical (unpaired) electrons. The van der Waals surface area contributed by atoms with E-state index in [-0.39, 0.29) is 17.7 Å². The van der Waals surface area contributed by atoms with Gasteiger partial charge in [-0.1, -0.05) is 6.92 Å². The summed E-state index contributed by atoms with van der Waals surface area (Å²) in [5.41, 5.74) is 8.06.